The number of hydrogen-bond donors (Lipinski definition) is 2. The van der Waals surface area contributed by atoms with E-state index in [-0.39, 0.29) is 5.84 Å². The molecule has 0 atom stereocenters. The van der Waals surface area contributed by atoms with E-state index < -0.39 is 0 Å². The summed E-state index contributed by atoms with van der Waals surface area (Å²) in [5.74, 6) is 1.91. The van der Waals surface area contributed by atoms with Crippen LogP contribution in [0.5, 0.6) is 0 Å². The smallest absolute Gasteiger partial charge is 0.141 e. The predicted octanol–water partition coefficient (Wildman–Crippen LogP) is 3.11. The molecule has 19 heavy (non-hydrogen) atoms. The van der Waals surface area contributed by atoms with Gasteiger partial charge in [0.05, 0.1) is 0 Å². The molecule has 0 aliphatic rings. The van der Waals surface area contributed by atoms with E-state index in [0.29, 0.717) is 5.69 Å². The lowest BCUT2D eigenvalue weighted by Crippen LogP contribution is -2.13. The fourth-order valence-corrected chi connectivity index (χ4v) is 2.82. The molecule has 0 unspecified atom stereocenters. The minimum Gasteiger partial charge on any atom is -0.382 e. The van der Waals surface area contributed by atoms with Crippen molar-refractivity contribution in [3.8, 4) is 0 Å². The van der Waals surface area contributed by atoms with Gasteiger partial charge in [-0.15, -0.1) is 0 Å². The highest BCUT2D eigenvalue weighted by molar-refractivity contribution is 7.97. The van der Waals surface area contributed by atoms with E-state index in [1.54, 1.807) is 6.20 Å². The van der Waals surface area contributed by atoms with Crippen molar-refractivity contribution in [3.05, 3.63) is 65.0 Å². The first-order valence-corrected chi connectivity index (χ1v) is 7.24. The third kappa shape index (κ3) is 3.83. The van der Waals surface area contributed by atoms with Crippen molar-refractivity contribution in [2.75, 3.05) is 0 Å². The Morgan fingerprint density at radius 1 is 1.26 bits per heavy atom. The van der Waals surface area contributed by atoms with Crippen molar-refractivity contribution in [1.82, 2.24) is 4.98 Å². The van der Waals surface area contributed by atoms with Crippen molar-refractivity contribution >= 4 is 17.6 Å². The molecule has 0 saturated carbocycles. The summed E-state index contributed by atoms with van der Waals surface area (Å²) in [6.45, 7) is 2.14. The van der Waals surface area contributed by atoms with E-state index >= 15 is 0 Å². The summed E-state index contributed by atoms with van der Waals surface area (Å²) >= 11 is 1.85. The number of aromatic nitrogens is 1. The zero-order valence-electron chi connectivity index (χ0n) is 10.9. The highest BCUT2D eigenvalue weighted by atomic mass is 32.2. The van der Waals surface area contributed by atoms with Crippen LogP contribution in [-0.2, 0) is 11.5 Å². The van der Waals surface area contributed by atoms with Crippen LogP contribution >= 0.6 is 11.8 Å². The number of amidine groups is 1. The van der Waals surface area contributed by atoms with Gasteiger partial charge in [0.25, 0.3) is 0 Å². The predicted molar refractivity (Wildman–Crippen MR) is 81.4 cm³/mol. The molecule has 3 N–H and O–H groups in total. The van der Waals surface area contributed by atoms with Crippen LogP contribution in [-0.4, -0.2) is 10.8 Å². The Bertz CT molecular complexity index is 581. The van der Waals surface area contributed by atoms with Crippen LogP contribution in [0.25, 0.3) is 0 Å². The molecule has 1 aromatic carbocycles. The highest BCUT2D eigenvalue weighted by Crippen LogP contribution is 2.20. The Balaban J connectivity index is 1.94. The molecule has 0 spiro atoms. The number of nitrogen functional groups attached to an aromatic ring is 1. The van der Waals surface area contributed by atoms with Gasteiger partial charge in [0.15, 0.2) is 0 Å². The fraction of sp³-hybridized carbons (Fsp3) is 0.200. The van der Waals surface area contributed by atoms with Gasteiger partial charge in [-0.1, -0.05) is 24.3 Å². The van der Waals surface area contributed by atoms with E-state index in [4.69, 9.17) is 11.1 Å². The Morgan fingerprint density at radius 3 is 2.79 bits per heavy atom. The van der Waals surface area contributed by atoms with Crippen LogP contribution in [0, 0.1) is 12.3 Å². The van der Waals surface area contributed by atoms with Crippen molar-refractivity contribution < 1.29 is 0 Å². The molecular formula is C15H17N3S. The molecule has 1 aromatic heterocycles. The zero-order chi connectivity index (χ0) is 13.7. The van der Waals surface area contributed by atoms with Gasteiger partial charge in [-0.3, -0.25) is 10.4 Å². The molecule has 0 aliphatic carbocycles. The number of aryl methyl sites for hydroxylation is 1. The molecule has 1 heterocycles. The zero-order valence-corrected chi connectivity index (χ0v) is 11.7. The minimum absolute atomic E-state index is 0.0192. The molecule has 98 valence electrons. The average Bonchev–Trinajstić information content (AvgIpc) is 2.41. The Kier molecular flexibility index (Phi) is 4.58. The lowest BCUT2D eigenvalue weighted by atomic mass is 10.1. The van der Waals surface area contributed by atoms with Gasteiger partial charge in [0.1, 0.15) is 11.5 Å². The summed E-state index contributed by atoms with van der Waals surface area (Å²) in [5, 5.41) is 7.38. The number of pyridine rings is 1. The van der Waals surface area contributed by atoms with Gasteiger partial charge in [-0.2, -0.15) is 11.8 Å². The van der Waals surface area contributed by atoms with Crippen LogP contribution in [0.2, 0.25) is 0 Å². The van der Waals surface area contributed by atoms with Crippen molar-refractivity contribution in [2.45, 2.75) is 18.4 Å². The van der Waals surface area contributed by atoms with E-state index in [9.17, 15) is 0 Å². The van der Waals surface area contributed by atoms with Crippen molar-refractivity contribution in [2.24, 2.45) is 5.73 Å². The first kappa shape index (κ1) is 13.6. The van der Waals surface area contributed by atoms with Crippen LogP contribution < -0.4 is 5.73 Å². The standard InChI is InChI=1S/C15H17N3S/c1-11-4-2-3-5-13(11)10-19-9-12-6-7-18-14(8-12)15(16)17/h2-8H,9-10H2,1H3,(H3,16,17). The number of nitrogens with one attached hydrogen (secondary N) is 1. The molecule has 0 aliphatic heterocycles. The summed E-state index contributed by atoms with van der Waals surface area (Å²) < 4.78 is 0. The second kappa shape index (κ2) is 6.38. The molecule has 2 rings (SSSR count). The van der Waals surface area contributed by atoms with Crippen LogP contribution in [0.1, 0.15) is 22.4 Å². The van der Waals surface area contributed by atoms with Crippen LogP contribution in [0.4, 0.5) is 0 Å². The summed E-state index contributed by atoms with van der Waals surface area (Å²) in [7, 11) is 0. The van der Waals surface area contributed by atoms with Gasteiger partial charge in [0.2, 0.25) is 0 Å². The molecule has 0 saturated heterocycles. The summed E-state index contributed by atoms with van der Waals surface area (Å²) in [6, 6.07) is 12.3. The number of benzene rings is 1. The first-order valence-electron chi connectivity index (χ1n) is 6.08. The van der Waals surface area contributed by atoms with Gasteiger partial charge in [-0.05, 0) is 35.7 Å². The van der Waals surface area contributed by atoms with E-state index in [1.807, 2.05) is 23.9 Å². The number of rotatable bonds is 5. The van der Waals surface area contributed by atoms with E-state index in [2.05, 4.69) is 36.2 Å². The summed E-state index contributed by atoms with van der Waals surface area (Å²) in [5.41, 5.74) is 9.83. The average molecular weight is 271 g/mol. The largest absolute Gasteiger partial charge is 0.382 e. The van der Waals surface area contributed by atoms with Gasteiger partial charge in [-0.25, -0.2) is 0 Å². The topological polar surface area (TPSA) is 62.8 Å². The molecule has 0 bridgehead atoms. The monoisotopic (exact) mass is 271 g/mol. The molecule has 3 nitrogen and oxygen atoms in total. The normalized spacial score (nSPS) is 10.4. The van der Waals surface area contributed by atoms with Gasteiger partial charge < -0.3 is 5.73 Å². The Hall–Kier alpha value is -1.81. The first-order chi connectivity index (χ1) is 9.16. The molecule has 2 aromatic rings. The maximum atomic E-state index is 7.38. The second-order valence-corrected chi connectivity index (χ2v) is 5.37. The summed E-state index contributed by atoms with van der Waals surface area (Å²) in [4.78, 5) is 4.06. The number of nitrogens with two attached hydrogens (primary N) is 1. The lowest BCUT2D eigenvalue weighted by molar-refractivity contribution is 1.21. The van der Waals surface area contributed by atoms with Crippen LogP contribution in [0.3, 0.4) is 0 Å². The lowest BCUT2D eigenvalue weighted by Gasteiger charge is -2.06. The third-order valence-corrected chi connectivity index (χ3v) is 3.94. The molecular weight excluding hydrogens is 254 g/mol. The quantitative estimate of drug-likeness (QED) is 0.649. The number of thioether (sulfide) groups is 1. The number of nitrogens with zero attached hydrogens (tertiary/aromatic N) is 1. The SMILES string of the molecule is Cc1ccccc1CSCc1ccnc(C(=N)N)c1. The maximum Gasteiger partial charge on any atom is 0.141 e. The molecule has 0 amide bonds. The van der Waals surface area contributed by atoms with Crippen LogP contribution in [0.15, 0.2) is 42.6 Å². The molecule has 4 heteroatoms. The summed E-state index contributed by atoms with van der Waals surface area (Å²) in [6.07, 6.45) is 1.71. The van der Waals surface area contributed by atoms with Gasteiger partial charge >= 0.3 is 0 Å². The van der Waals surface area contributed by atoms with Crippen molar-refractivity contribution in [1.29, 1.82) is 5.41 Å². The molecule has 0 radical (unpaired) electrons. The maximum absolute atomic E-state index is 7.38. The number of hydrogen-bond acceptors (Lipinski definition) is 3. The minimum atomic E-state index is 0.0192. The van der Waals surface area contributed by atoms with Gasteiger partial charge in [0, 0.05) is 17.7 Å². The Labute approximate surface area is 117 Å². The Morgan fingerprint density at radius 2 is 2.05 bits per heavy atom. The van der Waals surface area contributed by atoms with E-state index in [1.165, 1.54) is 11.1 Å². The second-order valence-electron chi connectivity index (χ2n) is 4.38. The van der Waals surface area contributed by atoms with E-state index in [0.717, 1.165) is 17.1 Å². The highest BCUT2D eigenvalue weighted by Gasteiger charge is 2.02. The fourth-order valence-electron chi connectivity index (χ4n) is 1.76. The third-order valence-electron chi connectivity index (χ3n) is 2.89. The van der Waals surface area contributed by atoms with Crippen molar-refractivity contribution in [3.63, 3.8) is 0 Å². The molecule has 0 fully saturated rings.